The molecule has 1 aromatic rings. The van der Waals surface area contributed by atoms with Gasteiger partial charge in [0.1, 0.15) is 12.2 Å². The number of non-ortho nitro benzene ring substituents is 1. The number of carbonyl (C=O) groups is 2. The Labute approximate surface area is 171 Å². The van der Waals surface area contributed by atoms with Gasteiger partial charge in [0, 0.05) is 18.6 Å². The van der Waals surface area contributed by atoms with E-state index in [0.717, 1.165) is 19.3 Å². The Bertz CT molecular complexity index is 672. The molecule has 1 aliphatic heterocycles. The summed E-state index contributed by atoms with van der Waals surface area (Å²) in [6, 6.07) is 5.32. The van der Waals surface area contributed by atoms with E-state index in [4.69, 9.17) is 9.47 Å². The van der Waals surface area contributed by atoms with Crippen LogP contribution in [0.3, 0.4) is 0 Å². The first kappa shape index (κ1) is 22.8. The van der Waals surface area contributed by atoms with Crippen molar-refractivity contribution in [3.8, 4) is 0 Å². The van der Waals surface area contributed by atoms with Gasteiger partial charge in [0.05, 0.1) is 10.5 Å². The second-order valence-electron chi connectivity index (χ2n) is 7.58. The standard InChI is InChI=1S/C22H31NO6/c1-2-3-4-5-6-7-8-9-10-19(20-15-16-21(24)28-20)29-22(25)17-11-13-18(14-12-17)23(26)27/h11-14,19-20H,2-10,15-16H2,1H3/t19-,20+/m1/s1. The molecule has 0 aliphatic carbocycles. The summed E-state index contributed by atoms with van der Waals surface area (Å²) in [5.41, 5.74) is 0.169. The van der Waals surface area contributed by atoms with Crippen LogP contribution in [0.2, 0.25) is 0 Å². The zero-order valence-corrected chi connectivity index (χ0v) is 17.1. The lowest BCUT2D eigenvalue weighted by Crippen LogP contribution is -2.31. The third-order valence-electron chi connectivity index (χ3n) is 5.24. The van der Waals surface area contributed by atoms with Gasteiger partial charge in [-0.1, -0.05) is 51.9 Å². The number of carbonyl (C=O) groups excluding carboxylic acids is 2. The van der Waals surface area contributed by atoms with Gasteiger partial charge < -0.3 is 9.47 Å². The smallest absolute Gasteiger partial charge is 0.338 e. The van der Waals surface area contributed by atoms with Crippen LogP contribution >= 0.6 is 0 Å². The number of unbranched alkanes of at least 4 members (excludes halogenated alkanes) is 7. The summed E-state index contributed by atoms with van der Waals surface area (Å²) in [5, 5.41) is 10.8. The highest BCUT2D eigenvalue weighted by atomic mass is 16.6. The van der Waals surface area contributed by atoms with Crippen molar-refractivity contribution in [2.75, 3.05) is 0 Å². The number of nitrogens with zero attached hydrogens (tertiary/aromatic N) is 1. The van der Waals surface area contributed by atoms with Gasteiger partial charge in [-0.2, -0.15) is 0 Å². The van der Waals surface area contributed by atoms with Crippen LogP contribution in [0.15, 0.2) is 24.3 Å². The van der Waals surface area contributed by atoms with E-state index >= 15 is 0 Å². The SMILES string of the molecule is CCCCCCCCCC[C@@H](OC(=O)c1ccc([N+](=O)[O-])cc1)[C@@H]1CCC(=O)O1. The van der Waals surface area contributed by atoms with Gasteiger partial charge in [-0.15, -0.1) is 0 Å². The van der Waals surface area contributed by atoms with Gasteiger partial charge in [-0.3, -0.25) is 14.9 Å². The molecule has 0 unspecified atom stereocenters. The second kappa shape index (κ2) is 12.2. The van der Waals surface area contributed by atoms with Crippen molar-refractivity contribution in [3.05, 3.63) is 39.9 Å². The maximum Gasteiger partial charge on any atom is 0.338 e. The molecule has 160 valence electrons. The van der Waals surface area contributed by atoms with E-state index < -0.39 is 23.1 Å². The van der Waals surface area contributed by atoms with Gasteiger partial charge in [0.25, 0.3) is 5.69 Å². The average Bonchev–Trinajstić information content (AvgIpc) is 3.15. The maximum absolute atomic E-state index is 12.5. The molecule has 2 atom stereocenters. The van der Waals surface area contributed by atoms with Gasteiger partial charge in [0.2, 0.25) is 0 Å². The second-order valence-corrected chi connectivity index (χ2v) is 7.58. The molecule has 0 bridgehead atoms. The minimum Gasteiger partial charge on any atom is -0.458 e. The van der Waals surface area contributed by atoms with Crippen molar-refractivity contribution >= 4 is 17.6 Å². The maximum atomic E-state index is 12.5. The Morgan fingerprint density at radius 1 is 1.14 bits per heavy atom. The predicted octanol–water partition coefficient (Wildman–Crippen LogP) is 5.36. The van der Waals surface area contributed by atoms with Crippen LogP contribution in [0.1, 0.15) is 87.9 Å². The number of nitro groups is 1. The molecule has 1 aliphatic rings. The highest BCUT2D eigenvalue weighted by molar-refractivity contribution is 5.89. The van der Waals surface area contributed by atoms with Crippen molar-refractivity contribution < 1.29 is 24.0 Å². The van der Waals surface area contributed by atoms with Crippen molar-refractivity contribution in [2.24, 2.45) is 0 Å². The van der Waals surface area contributed by atoms with Crippen LogP contribution in [0, 0.1) is 10.1 Å². The number of hydrogen-bond donors (Lipinski definition) is 0. The highest BCUT2D eigenvalue weighted by Gasteiger charge is 2.33. The molecular formula is C22H31NO6. The molecule has 0 radical (unpaired) electrons. The van der Waals surface area contributed by atoms with Crippen LogP contribution in [0.4, 0.5) is 5.69 Å². The monoisotopic (exact) mass is 405 g/mol. The van der Waals surface area contributed by atoms with Crippen LogP contribution in [-0.2, 0) is 14.3 Å². The molecule has 1 saturated heterocycles. The zero-order chi connectivity index (χ0) is 21.1. The first-order chi connectivity index (χ1) is 14.0. The number of nitro benzene ring substituents is 1. The first-order valence-corrected chi connectivity index (χ1v) is 10.7. The van der Waals surface area contributed by atoms with E-state index in [2.05, 4.69) is 6.92 Å². The topological polar surface area (TPSA) is 95.7 Å². The minimum atomic E-state index is -0.549. The molecule has 7 heteroatoms. The Morgan fingerprint density at radius 2 is 1.76 bits per heavy atom. The van der Waals surface area contributed by atoms with Crippen LogP contribution in [0.5, 0.6) is 0 Å². The van der Waals surface area contributed by atoms with Gasteiger partial charge in [-0.05, 0) is 31.4 Å². The molecule has 1 aromatic carbocycles. The van der Waals surface area contributed by atoms with Crippen LogP contribution < -0.4 is 0 Å². The highest BCUT2D eigenvalue weighted by Crippen LogP contribution is 2.25. The van der Waals surface area contributed by atoms with Gasteiger partial charge in [-0.25, -0.2) is 4.79 Å². The predicted molar refractivity (Wildman–Crippen MR) is 109 cm³/mol. The van der Waals surface area contributed by atoms with Crippen molar-refractivity contribution in [1.82, 2.24) is 0 Å². The van der Waals surface area contributed by atoms with Gasteiger partial charge in [0.15, 0.2) is 0 Å². The number of ether oxygens (including phenoxy) is 2. The Morgan fingerprint density at radius 3 is 2.31 bits per heavy atom. The number of benzene rings is 1. The third kappa shape index (κ3) is 7.83. The van der Waals surface area contributed by atoms with E-state index in [1.54, 1.807) is 0 Å². The minimum absolute atomic E-state index is 0.0817. The summed E-state index contributed by atoms with van der Waals surface area (Å²) in [4.78, 5) is 34.2. The van der Waals surface area contributed by atoms with Gasteiger partial charge >= 0.3 is 11.9 Å². The molecule has 0 aromatic heterocycles. The van der Waals surface area contributed by atoms with E-state index in [9.17, 15) is 19.7 Å². The Balaban J connectivity index is 1.84. The fourth-order valence-corrected chi connectivity index (χ4v) is 3.53. The summed E-state index contributed by atoms with van der Waals surface area (Å²) >= 11 is 0. The molecule has 0 saturated carbocycles. The molecule has 0 spiro atoms. The average molecular weight is 405 g/mol. The molecule has 0 N–H and O–H groups in total. The fourth-order valence-electron chi connectivity index (χ4n) is 3.53. The van der Waals surface area contributed by atoms with Crippen molar-refractivity contribution in [2.45, 2.75) is 89.8 Å². The zero-order valence-electron chi connectivity index (χ0n) is 17.1. The fraction of sp³-hybridized carbons (Fsp3) is 0.636. The van der Waals surface area contributed by atoms with E-state index in [-0.39, 0.29) is 17.2 Å². The Kier molecular flexibility index (Phi) is 9.60. The summed E-state index contributed by atoms with van der Waals surface area (Å²) < 4.78 is 11.0. The lowest BCUT2D eigenvalue weighted by atomic mass is 10.0. The first-order valence-electron chi connectivity index (χ1n) is 10.7. The molecule has 1 fully saturated rings. The van der Waals surface area contributed by atoms with Crippen molar-refractivity contribution in [1.29, 1.82) is 0 Å². The molecule has 7 nitrogen and oxygen atoms in total. The third-order valence-corrected chi connectivity index (χ3v) is 5.24. The summed E-state index contributed by atoms with van der Waals surface area (Å²) in [6.45, 7) is 2.20. The Hall–Kier alpha value is -2.44. The quantitative estimate of drug-likeness (QED) is 0.190. The van der Waals surface area contributed by atoms with E-state index in [1.165, 1.54) is 56.4 Å². The lowest BCUT2D eigenvalue weighted by Gasteiger charge is -2.23. The lowest BCUT2D eigenvalue weighted by molar-refractivity contribution is -0.384. The molecule has 2 rings (SSSR count). The molecular weight excluding hydrogens is 374 g/mol. The number of esters is 2. The number of cyclic esters (lactones) is 1. The van der Waals surface area contributed by atoms with E-state index in [0.29, 0.717) is 19.3 Å². The van der Waals surface area contributed by atoms with E-state index in [1.807, 2.05) is 0 Å². The number of rotatable bonds is 13. The largest absolute Gasteiger partial charge is 0.458 e. The van der Waals surface area contributed by atoms with Crippen LogP contribution in [0.25, 0.3) is 0 Å². The number of hydrogen-bond acceptors (Lipinski definition) is 6. The molecule has 0 amide bonds. The molecule has 29 heavy (non-hydrogen) atoms. The van der Waals surface area contributed by atoms with Crippen LogP contribution in [-0.4, -0.2) is 29.1 Å². The summed E-state index contributed by atoms with van der Waals surface area (Å²) in [7, 11) is 0. The normalized spacial score (nSPS) is 17.0. The summed E-state index contributed by atoms with van der Waals surface area (Å²) in [5.74, 6) is -0.810. The molecule has 1 heterocycles. The van der Waals surface area contributed by atoms with Crippen molar-refractivity contribution in [3.63, 3.8) is 0 Å². The summed E-state index contributed by atoms with van der Waals surface area (Å²) in [6.07, 6.45) is 10.0.